The Morgan fingerprint density at radius 1 is 1.38 bits per heavy atom. The Labute approximate surface area is 116 Å². The number of nitrogens with one attached hydrogen (secondary N) is 2. The molecule has 0 spiro atoms. The highest BCUT2D eigenvalue weighted by Crippen LogP contribution is 2.13. The molecule has 0 bridgehead atoms. The summed E-state index contributed by atoms with van der Waals surface area (Å²) >= 11 is 0. The van der Waals surface area contributed by atoms with Crippen LogP contribution in [0.15, 0.2) is 4.99 Å². The summed E-state index contributed by atoms with van der Waals surface area (Å²) in [6.45, 7) is 5.77. The van der Waals surface area contributed by atoms with Gasteiger partial charge in [0.2, 0.25) is 0 Å². The van der Waals surface area contributed by atoms with E-state index in [0.717, 1.165) is 12.5 Å². The third kappa shape index (κ3) is 4.86. The summed E-state index contributed by atoms with van der Waals surface area (Å²) in [5, 5.41) is 6.39. The first-order valence-electron chi connectivity index (χ1n) is 5.94. The molecule has 1 heterocycles. The van der Waals surface area contributed by atoms with Gasteiger partial charge in [0.1, 0.15) is 0 Å². The lowest BCUT2D eigenvalue weighted by atomic mass is 10.2. The predicted molar refractivity (Wildman–Crippen MR) is 80.7 cm³/mol. The lowest BCUT2D eigenvalue weighted by Crippen LogP contribution is -2.45. The van der Waals surface area contributed by atoms with E-state index in [2.05, 4.69) is 27.4 Å². The number of hydrogen-bond donors (Lipinski definition) is 2. The molecule has 1 saturated heterocycles. The molecule has 0 amide bonds. The van der Waals surface area contributed by atoms with Crippen molar-refractivity contribution < 1.29 is 0 Å². The van der Waals surface area contributed by atoms with Gasteiger partial charge in [-0.15, -0.1) is 24.0 Å². The van der Waals surface area contributed by atoms with Crippen LogP contribution in [0.4, 0.5) is 0 Å². The Balaban J connectivity index is 0.00000225. The first kappa shape index (κ1) is 16.0. The Bertz CT molecular complexity index is 202. The van der Waals surface area contributed by atoms with Crippen molar-refractivity contribution in [2.45, 2.75) is 32.2 Å². The number of guanidine groups is 1. The van der Waals surface area contributed by atoms with E-state index in [-0.39, 0.29) is 24.0 Å². The molecular formula is C11H25IN4. The van der Waals surface area contributed by atoms with Crippen molar-refractivity contribution in [2.75, 3.05) is 33.7 Å². The monoisotopic (exact) mass is 340 g/mol. The molecule has 2 N–H and O–H groups in total. The van der Waals surface area contributed by atoms with E-state index in [4.69, 9.17) is 0 Å². The van der Waals surface area contributed by atoms with Crippen molar-refractivity contribution in [1.82, 2.24) is 15.5 Å². The van der Waals surface area contributed by atoms with E-state index in [1.807, 2.05) is 7.05 Å². The van der Waals surface area contributed by atoms with Gasteiger partial charge in [-0.3, -0.25) is 9.89 Å². The molecule has 16 heavy (non-hydrogen) atoms. The van der Waals surface area contributed by atoms with E-state index in [9.17, 15) is 0 Å². The topological polar surface area (TPSA) is 39.7 Å². The molecule has 0 aromatic heterocycles. The first-order valence-corrected chi connectivity index (χ1v) is 5.94. The fraction of sp³-hybridized carbons (Fsp3) is 0.909. The molecule has 4 nitrogen and oxygen atoms in total. The van der Waals surface area contributed by atoms with Crippen LogP contribution in [-0.4, -0.2) is 50.6 Å². The quantitative estimate of drug-likeness (QED) is 0.460. The van der Waals surface area contributed by atoms with E-state index in [1.54, 1.807) is 7.05 Å². The van der Waals surface area contributed by atoms with Crippen LogP contribution >= 0.6 is 24.0 Å². The van der Waals surface area contributed by atoms with Gasteiger partial charge in [-0.05, 0) is 32.4 Å². The van der Waals surface area contributed by atoms with Gasteiger partial charge in [-0.25, -0.2) is 0 Å². The SMILES string of the molecule is CCC(CNC(=NC)NC)N1CCCC1.I. The zero-order chi connectivity index (χ0) is 11.1. The Kier molecular flexibility index (Phi) is 9.02. The summed E-state index contributed by atoms with van der Waals surface area (Å²) in [6, 6.07) is 0.651. The highest BCUT2D eigenvalue weighted by molar-refractivity contribution is 14.0. The molecule has 0 saturated carbocycles. The molecule has 0 aromatic carbocycles. The second-order valence-electron chi connectivity index (χ2n) is 4.01. The first-order chi connectivity index (χ1) is 7.31. The van der Waals surface area contributed by atoms with Crippen LogP contribution in [0.5, 0.6) is 0 Å². The summed E-state index contributed by atoms with van der Waals surface area (Å²) in [6.07, 6.45) is 3.92. The third-order valence-electron chi connectivity index (χ3n) is 3.09. The summed E-state index contributed by atoms with van der Waals surface area (Å²) in [4.78, 5) is 6.69. The zero-order valence-electron chi connectivity index (χ0n) is 10.6. The molecule has 1 fully saturated rings. The number of hydrogen-bond acceptors (Lipinski definition) is 2. The molecule has 5 heteroatoms. The molecule has 1 rings (SSSR count). The molecule has 1 unspecified atom stereocenters. The molecule has 0 aromatic rings. The third-order valence-corrected chi connectivity index (χ3v) is 3.09. The van der Waals surface area contributed by atoms with Crippen molar-refractivity contribution >= 4 is 29.9 Å². The molecular weight excluding hydrogens is 315 g/mol. The van der Waals surface area contributed by atoms with Gasteiger partial charge in [0, 0.05) is 26.7 Å². The van der Waals surface area contributed by atoms with Crippen molar-refractivity contribution in [3.05, 3.63) is 0 Å². The Morgan fingerprint density at radius 3 is 2.44 bits per heavy atom. The van der Waals surface area contributed by atoms with Crippen molar-refractivity contribution in [3.8, 4) is 0 Å². The summed E-state index contributed by atoms with van der Waals surface area (Å²) in [5.41, 5.74) is 0. The van der Waals surface area contributed by atoms with Crippen LogP contribution in [-0.2, 0) is 0 Å². The maximum atomic E-state index is 4.12. The van der Waals surface area contributed by atoms with E-state index >= 15 is 0 Å². The molecule has 1 atom stereocenters. The van der Waals surface area contributed by atoms with Crippen LogP contribution in [0.3, 0.4) is 0 Å². The number of likely N-dealkylation sites (tertiary alicyclic amines) is 1. The van der Waals surface area contributed by atoms with Crippen LogP contribution < -0.4 is 10.6 Å². The number of nitrogens with zero attached hydrogens (tertiary/aromatic N) is 2. The maximum absolute atomic E-state index is 4.12. The predicted octanol–water partition coefficient (Wildman–Crippen LogP) is 1.27. The van der Waals surface area contributed by atoms with E-state index in [0.29, 0.717) is 6.04 Å². The van der Waals surface area contributed by atoms with E-state index in [1.165, 1.54) is 32.4 Å². The standard InChI is InChI=1S/C11H24N4.HI/c1-4-10(15-7-5-6-8-15)9-14-11(12-2)13-3;/h10H,4-9H2,1-3H3,(H2,12,13,14);1H. The number of rotatable bonds is 4. The maximum Gasteiger partial charge on any atom is 0.190 e. The fourth-order valence-corrected chi connectivity index (χ4v) is 2.13. The molecule has 0 radical (unpaired) electrons. The van der Waals surface area contributed by atoms with Gasteiger partial charge in [-0.2, -0.15) is 0 Å². The van der Waals surface area contributed by atoms with Crippen molar-refractivity contribution in [2.24, 2.45) is 4.99 Å². The van der Waals surface area contributed by atoms with Gasteiger partial charge >= 0.3 is 0 Å². The molecule has 1 aliphatic rings. The lowest BCUT2D eigenvalue weighted by Gasteiger charge is -2.27. The fourth-order valence-electron chi connectivity index (χ4n) is 2.13. The highest BCUT2D eigenvalue weighted by Gasteiger charge is 2.20. The minimum atomic E-state index is 0. The minimum absolute atomic E-state index is 0. The van der Waals surface area contributed by atoms with Crippen LogP contribution in [0.1, 0.15) is 26.2 Å². The van der Waals surface area contributed by atoms with Gasteiger partial charge in [0.05, 0.1) is 0 Å². The molecule has 0 aliphatic carbocycles. The lowest BCUT2D eigenvalue weighted by molar-refractivity contribution is 0.236. The minimum Gasteiger partial charge on any atom is -0.359 e. The average molecular weight is 340 g/mol. The van der Waals surface area contributed by atoms with Crippen LogP contribution in [0.2, 0.25) is 0 Å². The highest BCUT2D eigenvalue weighted by atomic mass is 127. The van der Waals surface area contributed by atoms with Gasteiger partial charge in [-0.1, -0.05) is 6.92 Å². The number of aliphatic imine (C=N–C) groups is 1. The van der Waals surface area contributed by atoms with Gasteiger partial charge in [0.15, 0.2) is 5.96 Å². The average Bonchev–Trinajstić information content (AvgIpc) is 2.78. The summed E-state index contributed by atoms with van der Waals surface area (Å²) < 4.78 is 0. The van der Waals surface area contributed by atoms with Gasteiger partial charge < -0.3 is 10.6 Å². The summed E-state index contributed by atoms with van der Waals surface area (Å²) in [7, 11) is 3.70. The van der Waals surface area contributed by atoms with Crippen LogP contribution in [0.25, 0.3) is 0 Å². The second-order valence-corrected chi connectivity index (χ2v) is 4.01. The van der Waals surface area contributed by atoms with Gasteiger partial charge in [0.25, 0.3) is 0 Å². The van der Waals surface area contributed by atoms with E-state index < -0.39 is 0 Å². The van der Waals surface area contributed by atoms with Crippen molar-refractivity contribution in [3.63, 3.8) is 0 Å². The largest absolute Gasteiger partial charge is 0.359 e. The van der Waals surface area contributed by atoms with Crippen LogP contribution in [0, 0.1) is 0 Å². The Hall–Kier alpha value is -0.0400. The Morgan fingerprint density at radius 2 is 2.00 bits per heavy atom. The summed E-state index contributed by atoms with van der Waals surface area (Å²) in [5.74, 6) is 0.882. The van der Waals surface area contributed by atoms with Crippen molar-refractivity contribution in [1.29, 1.82) is 0 Å². The smallest absolute Gasteiger partial charge is 0.190 e. The molecule has 1 aliphatic heterocycles. The number of halogens is 1. The second kappa shape index (κ2) is 9.04. The zero-order valence-corrected chi connectivity index (χ0v) is 13.0. The normalized spacial score (nSPS) is 19.1. The molecule has 96 valence electrons.